The highest BCUT2D eigenvalue weighted by molar-refractivity contribution is 6.51. The number of Topliss-reactive ketones (excluding diaryl/α,β-unsaturated/α-hetero) is 1. The normalized spacial score (nSPS) is 16.8. The zero-order valence-electron chi connectivity index (χ0n) is 21.3. The number of rotatable bonds is 9. The molecule has 1 aliphatic rings. The summed E-state index contributed by atoms with van der Waals surface area (Å²) in [7, 11) is 0. The molecule has 37 heavy (non-hydrogen) atoms. The average Bonchev–Trinajstić information content (AvgIpc) is 3.19. The number of amides is 1. The maximum absolute atomic E-state index is 13.4. The van der Waals surface area contributed by atoms with E-state index in [1.807, 2.05) is 31.2 Å². The topological polar surface area (TPSA) is 70.1 Å². The number of anilines is 2. The standard InChI is InChI=1S/C30H31ClN2O4/c1-4-19-37-25-17-9-21(10-18-25)28(34)26-27(20-7-13-23(14-8-20)32(5-2)6-3)33(30(36)29(26)35)24-15-11-22(31)12-16-24/h7-18,27,34H,4-6,19H2,1-3H3/b28-26-. The molecule has 1 aliphatic heterocycles. The van der Waals surface area contributed by atoms with Gasteiger partial charge in [0, 0.05) is 35.1 Å². The summed E-state index contributed by atoms with van der Waals surface area (Å²) in [6.07, 6.45) is 0.878. The molecular weight excluding hydrogens is 488 g/mol. The first-order chi connectivity index (χ1) is 17.9. The summed E-state index contributed by atoms with van der Waals surface area (Å²) in [5.41, 5.74) is 2.75. The average molecular weight is 519 g/mol. The van der Waals surface area contributed by atoms with Gasteiger partial charge in [0.1, 0.15) is 11.5 Å². The van der Waals surface area contributed by atoms with Gasteiger partial charge < -0.3 is 14.7 Å². The molecule has 3 aromatic carbocycles. The molecule has 1 amide bonds. The van der Waals surface area contributed by atoms with Crippen LogP contribution in [0.3, 0.4) is 0 Å². The van der Waals surface area contributed by atoms with E-state index in [-0.39, 0.29) is 11.3 Å². The first-order valence-corrected chi connectivity index (χ1v) is 12.9. The van der Waals surface area contributed by atoms with Crippen LogP contribution < -0.4 is 14.5 Å². The van der Waals surface area contributed by atoms with Crippen LogP contribution in [0.2, 0.25) is 5.02 Å². The van der Waals surface area contributed by atoms with E-state index in [0.29, 0.717) is 28.6 Å². The van der Waals surface area contributed by atoms with E-state index < -0.39 is 17.7 Å². The highest BCUT2D eigenvalue weighted by Crippen LogP contribution is 2.42. The van der Waals surface area contributed by atoms with Crippen LogP contribution in [0.15, 0.2) is 78.4 Å². The number of carbonyl (C=O) groups excluding carboxylic acids is 2. The van der Waals surface area contributed by atoms with E-state index in [9.17, 15) is 14.7 Å². The predicted octanol–water partition coefficient (Wildman–Crippen LogP) is 6.60. The van der Waals surface area contributed by atoms with Crippen molar-refractivity contribution in [1.82, 2.24) is 0 Å². The number of carbonyl (C=O) groups is 2. The van der Waals surface area contributed by atoms with Crippen molar-refractivity contribution >= 4 is 40.4 Å². The van der Waals surface area contributed by atoms with Crippen molar-refractivity contribution in [3.8, 4) is 5.75 Å². The number of aliphatic hydroxyl groups excluding tert-OH is 1. The molecule has 6 nitrogen and oxygen atoms in total. The van der Waals surface area contributed by atoms with Crippen LogP contribution in [0, 0.1) is 0 Å². The molecule has 0 aromatic heterocycles. The van der Waals surface area contributed by atoms with Gasteiger partial charge in [-0.3, -0.25) is 14.5 Å². The largest absolute Gasteiger partial charge is 0.507 e. The zero-order valence-corrected chi connectivity index (χ0v) is 22.0. The van der Waals surface area contributed by atoms with Gasteiger partial charge in [-0.05, 0) is 86.5 Å². The fourth-order valence-electron chi connectivity index (χ4n) is 4.56. The maximum Gasteiger partial charge on any atom is 0.300 e. The molecular formula is C30H31ClN2O4. The van der Waals surface area contributed by atoms with E-state index in [2.05, 4.69) is 18.7 Å². The lowest BCUT2D eigenvalue weighted by atomic mass is 9.95. The molecule has 1 unspecified atom stereocenters. The molecule has 0 aliphatic carbocycles. The SMILES string of the molecule is CCCOc1ccc(/C(O)=C2/C(=O)C(=O)N(c3ccc(Cl)cc3)C2c2ccc(N(CC)CC)cc2)cc1. The number of aliphatic hydroxyl groups is 1. The summed E-state index contributed by atoms with van der Waals surface area (Å²) >= 11 is 6.08. The van der Waals surface area contributed by atoms with Crippen molar-refractivity contribution in [3.05, 3.63) is 94.5 Å². The molecule has 0 bridgehead atoms. The second-order valence-corrected chi connectivity index (χ2v) is 9.22. The molecule has 1 heterocycles. The summed E-state index contributed by atoms with van der Waals surface area (Å²) in [6, 6.07) is 20.6. The minimum absolute atomic E-state index is 0.0396. The lowest BCUT2D eigenvalue weighted by Gasteiger charge is -2.27. The molecule has 4 rings (SSSR count). The molecule has 1 N–H and O–H groups in total. The quantitative estimate of drug-likeness (QED) is 0.196. The summed E-state index contributed by atoms with van der Waals surface area (Å²) in [4.78, 5) is 30.3. The van der Waals surface area contributed by atoms with Crippen molar-refractivity contribution in [2.45, 2.75) is 33.2 Å². The van der Waals surface area contributed by atoms with Gasteiger partial charge in [-0.1, -0.05) is 30.7 Å². The first-order valence-electron chi connectivity index (χ1n) is 12.5. The second kappa shape index (κ2) is 11.5. The van der Waals surface area contributed by atoms with Gasteiger partial charge in [0.2, 0.25) is 0 Å². The van der Waals surface area contributed by atoms with Gasteiger partial charge in [-0.25, -0.2) is 0 Å². The second-order valence-electron chi connectivity index (χ2n) is 8.78. The van der Waals surface area contributed by atoms with Crippen LogP contribution in [-0.2, 0) is 9.59 Å². The minimum atomic E-state index is -0.803. The van der Waals surface area contributed by atoms with Gasteiger partial charge in [0.15, 0.2) is 0 Å². The minimum Gasteiger partial charge on any atom is -0.507 e. The van der Waals surface area contributed by atoms with E-state index in [4.69, 9.17) is 16.3 Å². The Morgan fingerprint density at radius 1 is 0.919 bits per heavy atom. The Kier molecular flexibility index (Phi) is 8.19. The highest BCUT2D eigenvalue weighted by Gasteiger charge is 2.47. The zero-order chi connectivity index (χ0) is 26.5. The predicted molar refractivity (Wildman–Crippen MR) is 148 cm³/mol. The number of nitrogens with zero attached hydrogens (tertiary/aromatic N) is 2. The van der Waals surface area contributed by atoms with Crippen LogP contribution in [0.4, 0.5) is 11.4 Å². The molecule has 0 radical (unpaired) electrons. The van der Waals surface area contributed by atoms with Crippen molar-refractivity contribution in [2.24, 2.45) is 0 Å². The van der Waals surface area contributed by atoms with Gasteiger partial charge in [-0.15, -0.1) is 0 Å². The Balaban J connectivity index is 1.82. The Labute approximate surface area is 222 Å². The molecule has 7 heteroatoms. The van der Waals surface area contributed by atoms with Crippen LogP contribution >= 0.6 is 11.6 Å². The number of halogens is 1. The Hall–Kier alpha value is -3.77. The van der Waals surface area contributed by atoms with Crippen molar-refractivity contribution in [3.63, 3.8) is 0 Å². The Morgan fingerprint density at radius 3 is 2.11 bits per heavy atom. The molecule has 3 aromatic rings. The molecule has 1 saturated heterocycles. The van der Waals surface area contributed by atoms with Crippen molar-refractivity contribution in [1.29, 1.82) is 0 Å². The fourth-order valence-corrected chi connectivity index (χ4v) is 4.68. The lowest BCUT2D eigenvalue weighted by Crippen LogP contribution is -2.29. The fraction of sp³-hybridized carbons (Fsp3) is 0.267. The van der Waals surface area contributed by atoms with Crippen LogP contribution in [0.5, 0.6) is 5.75 Å². The van der Waals surface area contributed by atoms with Crippen molar-refractivity contribution in [2.75, 3.05) is 29.5 Å². The Morgan fingerprint density at radius 2 is 1.54 bits per heavy atom. The van der Waals surface area contributed by atoms with Crippen LogP contribution in [-0.4, -0.2) is 36.5 Å². The van der Waals surface area contributed by atoms with E-state index in [0.717, 1.165) is 30.8 Å². The van der Waals surface area contributed by atoms with Gasteiger partial charge >= 0.3 is 0 Å². The summed E-state index contributed by atoms with van der Waals surface area (Å²) in [5, 5.41) is 11.9. The van der Waals surface area contributed by atoms with Crippen LogP contribution in [0.25, 0.3) is 5.76 Å². The smallest absolute Gasteiger partial charge is 0.300 e. The number of benzene rings is 3. The molecule has 192 valence electrons. The molecule has 0 spiro atoms. The van der Waals surface area contributed by atoms with E-state index in [1.54, 1.807) is 48.5 Å². The first kappa shape index (κ1) is 26.3. The summed E-state index contributed by atoms with van der Waals surface area (Å²) in [6.45, 7) is 8.50. The van der Waals surface area contributed by atoms with Crippen molar-refractivity contribution < 1.29 is 19.4 Å². The molecule has 1 atom stereocenters. The number of hydrogen-bond donors (Lipinski definition) is 1. The highest BCUT2D eigenvalue weighted by atomic mass is 35.5. The van der Waals surface area contributed by atoms with E-state index >= 15 is 0 Å². The van der Waals surface area contributed by atoms with Crippen LogP contribution in [0.1, 0.15) is 44.4 Å². The molecule has 0 saturated carbocycles. The third-order valence-electron chi connectivity index (χ3n) is 6.49. The molecule has 1 fully saturated rings. The van der Waals surface area contributed by atoms with Gasteiger partial charge in [0.05, 0.1) is 18.2 Å². The summed E-state index contributed by atoms with van der Waals surface area (Å²) < 4.78 is 5.64. The van der Waals surface area contributed by atoms with Gasteiger partial charge in [-0.2, -0.15) is 0 Å². The number of ether oxygens (including phenoxy) is 1. The number of hydrogen-bond acceptors (Lipinski definition) is 5. The monoisotopic (exact) mass is 518 g/mol. The van der Waals surface area contributed by atoms with Gasteiger partial charge in [0.25, 0.3) is 11.7 Å². The maximum atomic E-state index is 13.4. The summed E-state index contributed by atoms with van der Waals surface area (Å²) in [5.74, 6) is -1.00. The number of ketones is 1. The van der Waals surface area contributed by atoms with E-state index in [1.165, 1.54) is 4.90 Å². The lowest BCUT2D eigenvalue weighted by molar-refractivity contribution is -0.132. The third-order valence-corrected chi connectivity index (χ3v) is 6.74. The third kappa shape index (κ3) is 5.35. The Bertz CT molecular complexity index is 1280.